The highest BCUT2D eigenvalue weighted by Gasteiger charge is 2.09. The Bertz CT molecular complexity index is 338. The summed E-state index contributed by atoms with van der Waals surface area (Å²) in [5.41, 5.74) is 0.766. The largest absolute Gasteiger partial charge is 0.460 e. The van der Waals surface area contributed by atoms with E-state index in [1.54, 1.807) is 25.3 Å². The van der Waals surface area contributed by atoms with Gasteiger partial charge in [-0.15, -0.1) is 0 Å². The van der Waals surface area contributed by atoms with Gasteiger partial charge < -0.3 is 9.72 Å². The van der Waals surface area contributed by atoms with Gasteiger partial charge in [-0.25, -0.2) is 4.79 Å². The number of esters is 1. The third-order valence-corrected chi connectivity index (χ3v) is 1.51. The molecule has 0 saturated carbocycles. The van der Waals surface area contributed by atoms with Crippen LogP contribution in [-0.4, -0.2) is 23.3 Å². The number of carbonyl (C=O) groups is 2. The Morgan fingerprint density at radius 1 is 1.57 bits per heavy atom. The maximum absolute atomic E-state index is 11.1. The summed E-state index contributed by atoms with van der Waals surface area (Å²) < 4.78 is 4.52. The molecule has 14 heavy (non-hydrogen) atoms. The Balaban J connectivity index is 2.52. The highest BCUT2D eigenvalue weighted by molar-refractivity contribution is 6.39. The normalized spacial score (nSPS) is 10.4. The van der Waals surface area contributed by atoms with Crippen molar-refractivity contribution in [2.24, 2.45) is 0 Å². The number of hydrogen-bond donors (Lipinski definition) is 1. The lowest BCUT2D eigenvalue weighted by Gasteiger charge is -1.95. The molecule has 0 aliphatic rings. The van der Waals surface area contributed by atoms with Crippen molar-refractivity contribution in [3.8, 4) is 0 Å². The average molecular weight is 193 g/mol. The summed E-state index contributed by atoms with van der Waals surface area (Å²) in [5.74, 6) is -1.48. The van der Waals surface area contributed by atoms with Crippen molar-refractivity contribution < 1.29 is 14.3 Å². The second kappa shape index (κ2) is 5.01. The molecule has 0 saturated heterocycles. The van der Waals surface area contributed by atoms with Crippen LogP contribution in [0.25, 0.3) is 6.08 Å². The molecule has 0 radical (unpaired) electrons. The first kappa shape index (κ1) is 10.2. The van der Waals surface area contributed by atoms with Gasteiger partial charge in [-0.3, -0.25) is 4.79 Å². The number of aromatic nitrogens is 1. The van der Waals surface area contributed by atoms with Crippen molar-refractivity contribution in [2.45, 2.75) is 6.92 Å². The molecule has 0 amide bonds. The van der Waals surface area contributed by atoms with E-state index in [0.717, 1.165) is 5.69 Å². The highest BCUT2D eigenvalue weighted by atomic mass is 16.5. The van der Waals surface area contributed by atoms with E-state index in [4.69, 9.17) is 0 Å². The van der Waals surface area contributed by atoms with Gasteiger partial charge >= 0.3 is 5.97 Å². The lowest BCUT2D eigenvalue weighted by atomic mass is 10.3. The number of ketones is 1. The van der Waals surface area contributed by atoms with Crippen LogP contribution in [0.1, 0.15) is 12.6 Å². The van der Waals surface area contributed by atoms with Crippen molar-refractivity contribution in [2.75, 3.05) is 6.61 Å². The van der Waals surface area contributed by atoms with Gasteiger partial charge in [0, 0.05) is 11.9 Å². The summed E-state index contributed by atoms with van der Waals surface area (Å²) >= 11 is 0. The zero-order chi connectivity index (χ0) is 10.4. The van der Waals surface area contributed by atoms with Crippen molar-refractivity contribution in [3.05, 3.63) is 30.1 Å². The Kier molecular flexibility index (Phi) is 3.67. The van der Waals surface area contributed by atoms with E-state index in [1.807, 2.05) is 0 Å². The van der Waals surface area contributed by atoms with Gasteiger partial charge in [-0.2, -0.15) is 0 Å². The smallest absolute Gasteiger partial charge is 0.379 e. The summed E-state index contributed by atoms with van der Waals surface area (Å²) in [6, 6.07) is 3.59. The van der Waals surface area contributed by atoms with Crippen LogP contribution in [0, 0.1) is 0 Å². The molecule has 4 nitrogen and oxygen atoms in total. The van der Waals surface area contributed by atoms with Crippen LogP contribution in [0.15, 0.2) is 24.4 Å². The monoisotopic (exact) mass is 193 g/mol. The third-order valence-electron chi connectivity index (χ3n) is 1.51. The molecule has 0 fully saturated rings. The lowest BCUT2D eigenvalue weighted by molar-refractivity contribution is -0.151. The number of aromatic amines is 1. The second-order valence-corrected chi connectivity index (χ2v) is 2.54. The van der Waals surface area contributed by atoms with Crippen molar-refractivity contribution in [3.63, 3.8) is 0 Å². The molecule has 1 heterocycles. The van der Waals surface area contributed by atoms with Crippen LogP contribution in [0.4, 0.5) is 0 Å². The molecule has 4 heteroatoms. The van der Waals surface area contributed by atoms with Crippen LogP contribution < -0.4 is 0 Å². The van der Waals surface area contributed by atoms with Gasteiger partial charge in [0.1, 0.15) is 0 Å². The molecule has 1 N–H and O–H groups in total. The van der Waals surface area contributed by atoms with Crippen molar-refractivity contribution >= 4 is 17.8 Å². The highest BCUT2D eigenvalue weighted by Crippen LogP contribution is 1.97. The molecule has 0 bridgehead atoms. The molecule has 0 aromatic carbocycles. The van der Waals surface area contributed by atoms with Gasteiger partial charge in [0.05, 0.1) is 6.61 Å². The second-order valence-electron chi connectivity index (χ2n) is 2.54. The molecule has 0 unspecified atom stereocenters. The van der Waals surface area contributed by atoms with E-state index >= 15 is 0 Å². The summed E-state index contributed by atoms with van der Waals surface area (Å²) in [6.45, 7) is 1.86. The van der Waals surface area contributed by atoms with Gasteiger partial charge in [0.15, 0.2) is 0 Å². The third kappa shape index (κ3) is 2.90. The van der Waals surface area contributed by atoms with E-state index < -0.39 is 11.8 Å². The summed E-state index contributed by atoms with van der Waals surface area (Å²) in [5, 5.41) is 0. The Labute approximate surface area is 81.6 Å². The number of nitrogens with one attached hydrogen (secondary N) is 1. The fraction of sp³-hybridized carbons (Fsp3) is 0.200. The van der Waals surface area contributed by atoms with Crippen LogP contribution in [0.3, 0.4) is 0 Å². The number of ether oxygens (including phenoxy) is 1. The molecule has 0 atom stereocenters. The SMILES string of the molecule is CCOC(=O)C(=O)C=Cc1ccc[nH]1. The number of rotatable bonds is 4. The van der Waals surface area contributed by atoms with E-state index in [1.165, 1.54) is 12.2 Å². The van der Waals surface area contributed by atoms with Crippen molar-refractivity contribution in [1.82, 2.24) is 4.98 Å². The fourth-order valence-electron chi connectivity index (χ4n) is 0.884. The van der Waals surface area contributed by atoms with Gasteiger partial charge in [0.25, 0.3) is 5.78 Å². The molecule has 0 aliphatic carbocycles. The van der Waals surface area contributed by atoms with Crippen LogP contribution in [0.5, 0.6) is 0 Å². The van der Waals surface area contributed by atoms with Crippen LogP contribution in [0.2, 0.25) is 0 Å². The minimum Gasteiger partial charge on any atom is -0.460 e. The van der Waals surface area contributed by atoms with E-state index in [2.05, 4.69) is 9.72 Å². The molecule has 0 spiro atoms. The molecule has 0 aliphatic heterocycles. The topological polar surface area (TPSA) is 59.2 Å². The minimum atomic E-state index is -0.824. The summed E-state index contributed by atoms with van der Waals surface area (Å²) in [4.78, 5) is 24.8. The summed E-state index contributed by atoms with van der Waals surface area (Å²) in [6.07, 6.45) is 4.44. The average Bonchev–Trinajstić information content (AvgIpc) is 2.67. The molecule has 1 aromatic heterocycles. The van der Waals surface area contributed by atoms with E-state index in [0.29, 0.717) is 0 Å². The molecule has 74 valence electrons. The predicted molar refractivity (Wildman–Crippen MR) is 51.5 cm³/mol. The quantitative estimate of drug-likeness (QED) is 0.443. The van der Waals surface area contributed by atoms with E-state index in [9.17, 15) is 9.59 Å². The fourth-order valence-corrected chi connectivity index (χ4v) is 0.884. The molecular formula is C10H11NO3. The van der Waals surface area contributed by atoms with Crippen LogP contribution >= 0.6 is 0 Å². The Hall–Kier alpha value is -1.84. The molecule has 1 aromatic rings. The predicted octanol–water partition coefficient (Wildman–Crippen LogP) is 1.16. The maximum Gasteiger partial charge on any atom is 0.379 e. The molecular weight excluding hydrogens is 182 g/mol. The van der Waals surface area contributed by atoms with Gasteiger partial charge in [0.2, 0.25) is 0 Å². The maximum atomic E-state index is 11.1. The van der Waals surface area contributed by atoms with Gasteiger partial charge in [-0.1, -0.05) is 0 Å². The van der Waals surface area contributed by atoms with Gasteiger partial charge in [-0.05, 0) is 31.2 Å². The first-order valence-corrected chi connectivity index (χ1v) is 4.26. The Morgan fingerprint density at radius 3 is 2.93 bits per heavy atom. The van der Waals surface area contributed by atoms with Crippen molar-refractivity contribution in [1.29, 1.82) is 0 Å². The standard InChI is InChI=1S/C10H11NO3/c1-2-14-10(13)9(12)6-5-8-4-3-7-11-8/h3-7,11H,2H2,1H3. The number of H-pyrrole nitrogens is 1. The minimum absolute atomic E-state index is 0.209. The van der Waals surface area contributed by atoms with E-state index in [-0.39, 0.29) is 6.61 Å². The zero-order valence-electron chi connectivity index (χ0n) is 7.82. The molecule has 1 rings (SSSR count). The first-order chi connectivity index (χ1) is 6.74. The van der Waals surface area contributed by atoms with Crippen LogP contribution in [-0.2, 0) is 14.3 Å². The lowest BCUT2D eigenvalue weighted by Crippen LogP contribution is -2.14. The summed E-state index contributed by atoms with van der Waals surface area (Å²) in [7, 11) is 0. The number of hydrogen-bond acceptors (Lipinski definition) is 3. The first-order valence-electron chi connectivity index (χ1n) is 4.26. The zero-order valence-corrected chi connectivity index (χ0v) is 7.82. The number of carbonyl (C=O) groups excluding carboxylic acids is 2. The Morgan fingerprint density at radius 2 is 2.36 bits per heavy atom.